The average molecular weight is 777 g/mol. The molecule has 9 aromatic rings. The van der Waals surface area contributed by atoms with Gasteiger partial charge in [-0.2, -0.15) is 0 Å². The number of benzene rings is 9. The minimum atomic E-state index is -3.40. The first kappa shape index (κ1) is 35.1. The van der Waals surface area contributed by atoms with E-state index in [0.29, 0.717) is 0 Å². The average Bonchev–Trinajstić information content (AvgIpc) is 3.29. The van der Waals surface area contributed by atoms with Gasteiger partial charge in [-0.1, -0.05) is 42.5 Å². The zero-order chi connectivity index (χ0) is 37.6. The first-order valence-corrected chi connectivity index (χ1v) is 23.5. The Labute approximate surface area is 333 Å². The molecule has 0 aliphatic carbocycles. The summed E-state index contributed by atoms with van der Waals surface area (Å²) in [7, 11) is 0. The van der Waals surface area contributed by atoms with Crippen LogP contribution in [0.3, 0.4) is 0 Å². The third-order valence-corrected chi connectivity index (χ3v) is 20.9. The second kappa shape index (κ2) is 16.0. The number of rotatable bonds is 10. The molecule has 9 aromatic carbocycles. The molecule has 2 heteroatoms. The van der Waals surface area contributed by atoms with E-state index in [9.17, 15) is 0 Å². The normalized spacial score (nSPS) is 11.2. The van der Waals surface area contributed by atoms with E-state index in [-0.39, 0.29) is 0 Å². The third-order valence-electron chi connectivity index (χ3n) is 10.8. The van der Waals surface area contributed by atoms with E-state index >= 15 is 0 Å². The summed E-state index contributed by atoms with van der Waals surface area (Å²) in [5.74, 6) is 0. The molecule has 0 heterocycles. The van der Waals surface area contributed by atoms with E-state index in [1.807, 2.05) is 0 Å². The minimum absolute atomic E-state index is 1.11. The Kier molecular flexibility index (Phi) is 9.99. The van der Waals surface area contributed by atoms with Gasteiger partial charge in [0.05, 0.1) is 0 Å². The van der Waals surface area contributed by atoms with E-state index in [0.717, 1.165) is 17.1 Å². The van der Waals surface area contributed by atoms with Gasteiger partial charge in [0.2, 0.25) is 0 Å². The number of anilines is 3. The van der Waals surface area contributed by atoms with Gasteiger partial charge in [0.1, 0.15) is 0 Å². The van der Waals surface area contributed by atoms with Crippen LogP contribution < -0.4 is 22.5 Å². The zero-order valence-corrected chi connectivity index (χ0v) is 33.2. The molecule has 0 saturated carbocycles. The zero-order valence-electron chi connectivity index (χ0n) is 31.1. The van der Waals surface area contributed by atoms with Gasteiger partial charge in [-0.25, -0.2) is 0 Å². The van der Waals surface area contributed by atoms with Crippen molar-refractivity contribution in [1.82, 2.24) is 0 Å². The van der Waals surface area contributed by atoms with E-state index < -0.39 is 13.3 Å². The van der Waals surface area contributed by atoms with Crippen molar-refractivity contribution in [2.75, 3.05) is 4.90 Å². The topological polar surface area (TPSA) is 3.24 Å². The summed E-state index contributed by atoms with van der Waals surface area (Å²) in [6, 6.07) is 91.0. The molecule has 0 aliphatic heterocycles. The van der Waals surface area contributed by atoms with Gasteiger partial charge >= 0.3 is 287 Å². The van der Waals surface area contributed by atoms with Gasteiger partial charge in [-0.15, -0.1) is 0 Å². The molecule has 1 nitrogen and oxygen atoms in total. The summed E-state index contributed by atoms with van der Waals surface area (Å²) in [4.78, 5) is 2.38. The van der Waals surface area contributed by atoms with Gasteiger partial charge < -0.3 is 0 Å². The third kappa shape index (κ3) is 6.90. The molecule has 56 heavy (non-hydrogen) atoms. The van der Waals surface area contributed by atoms with Crippen LogP contribution >= 0.6 is 0 Å². The molecule has 0 amide bonds. The Balaban J connectivity index is 1.15. The van der Waals surface area contributed by atoms with Crippen LogP contribution in [0.15, 0.2) is 249 Å². The molecular weight excluding hydrogens is 735 g/mol. The van der Waals surface area contributed by atoms with Crippen LogP contribution in [0.1, 0.15) is 0 Å². The van der Waals surface area contributed by atoms with Crippen molar-refractivity contribution < 1.29 is 0 Å². The Hall–Kier alpha value is -6.68. The molecule has 0 fully saturated rings. The van der Waals surface area contributed by atoms with E-state index in [1.165, 1.54) is 51.0 Å². The predicted molar refractivity (Wildman–Crippen MR) is 241 cm³/mol. The van der Waals surface area contributed by atoms with Gasteiger partial charge in [-0.05, 0) is 5.56 Å². The van der Waals surface area contributed by atoms with Gasteiger partial charge in [0.15, 0.2) is 0 Å². The molecule has 266 valence electrons. The molecule has 0 saturated heterocycles. The Morgan fingerprint density at radius 3 is 0.875 bits per heavy atom. The van der Waals surface area contributed by atoms with Gasteiger partial charge in [0, 0.05) is 0 Å². The molecule has 9 rings (SSSR count). The van der Waals surface area contributed by atoms with Crippen molar-refractivity contribution in [3.05, 3.63) is 249 Å². The Morgan fingerprint density at radius 1 is 0.214 bits per heavy atom. The van der Waals surface area contributed by atoms with Crippen molar-refractivity contribution in [3.8, 4) is 33.4 Å². The number of hydrogen-bond donors (Lipinski definition) is 0. The van der Waals surface area contributed by atoms with Gasteiger partial charge in [0.25, 0.3) is 0 Å². The van der Waals surface area contributed by atoms with E-state index in [4.69, 9.17) is 0 Å². The Morgan fingerprint density at radius 2 is 0.482 bits per heavy atom. The van der Waals surface area contributed by atoms with E-state index in [2.05, 4.69) is 254 Å². The maximum absolute atomic E-state index is 3.40. The molecule has 0 spiro atoms. The summed E-state index contributed by atoms with van der Waals surface area (Å²) in [6.45, 7) is 0. The Bertz CT molecular complexity index is 2530. The molecule has 0 bridgehead atoms. The second-order valence-electron chi connectivity index (χ2n) is 14.1. The molecule has 0 aromatic heterocycles. The van der Waals surface area contributed by atoms with Gasteiger partial charge in [-0.3, -0.25) is 0 Å². The monoisotopic (exact) mass is 777 g/mol. The second-order valence-corrected chi connectivity index (χ2v) is 22.1. The maximum atomic E-state index is 2.40. The first-order chi connectivity index (χ1) is 27.8. The van der Waals surface area contributed by atoms with Crippen molar-refractivity contribution in [3.63, 3.8) is 0 Å². The van der Waals surface area contributed by atoms with Crippen LogP contribution in [0.25, 0.3) is 33.4 Å². The van der Waals surface area contributed by atoms with E-state index in [1.54, 1.807) is 0 Å². The van der Waals surface area contributed by atoms with Crippen LogP contribution in [0.5, 0.6) is 0 Å². The van der Waals surface area contributed by atoms with Crippen LogP contribution in [-0.2, 0) is 0 Å². The number of hydrogen-bond acceptors (Lipinski definition) is 1. The van der Waals surface area contributed by atoms with Crippen molar-refractivity contribution >= 4 is 47.9 Å². The fraction of sp³-hybridized carbons (Fsp3) is 0. The van der Waals surface area contributed by atoms with Crippen LogP contribution in [0.4, 0.5) is 17.1 Å². The van der Waals surface area contributed by atoms with Crippen molar-refractivity contribution in [2.24, 2.45) is 0 Å². The van der Waals surface area contributed by atoms with Crippen LogP contribution in [-0.4, -0.2) is 13.3 Å². The van der Waals surface area contributed by atoms with Crippen LogP contribution in [0, 0.1) is 0 Å². The fourth-order valence-corrected chi connectivity index (χ4v) is 18.1. The predicted octanol–water partition coefficient (Wildman–Crippen LogP) is 11.5. The first-order valence-electron chi connectivity index (χ1n) is 19.3. The summed E-state index contributed by atoms with van der Waals surface area (Å²) in [5.41, 5.74) is 10.6. The fourth-order valence-electron chi connectivity index (χ4n) is 8.12. The molecule has 0 aliphatic rings. The quantitative estimate of drug-likeness (QED) is 0.125. The van der Waals surface area contributed by atoms with Crippen molar-refractivity contribution in [1.29, 1.82) is 0 Å². The van der Waals surface area contributed by atoms with Crippen LogP contribution in [0.2, 0.25) is 0 Å². The summed E-state index contributed by atoms with van der Waals surface area (Å²) in [5, 5.41) is 0. The summed E-state index contributed by atoms with van der Waals surface area (Å²) < 4.78 is 5.64. The SMILES string of the molecule is c1ccc(-c2ccc(N(c3ccc(-c4cccc(-c5ccccc5)c4)cc3)c3cc[c]([Ge]([c]4ccccc4)([c]4ccccc4)[c]4ccccc4)cc3)cc2)cc1. The molecular formula is C54H41GeN. The molecule has 0 unspecified atom stereocenters. The summed E-state index contributed by atoms with van der Waals surface area (Å²) in [6.07, 6.45) is 0. The molecule has 0 atom stereocenters. The molecule has 0 radical (unpaired) electrons. The molecule has 0 N–H and O–H groups in total. The number of nitrogens with zero attached hydrogens (tertiary/aromatic N) is 1. The van der Waals surface area contributed by atoms with Crippen molar-refractivity contribution in [2.45, 2.75) is 0 Å². The standard InChI is InChI=1S/C54H41GeN/c1-6-17-42(18-7-1)44-29-35-52(36-30-44)56(53-37-31-45(32-38-53)47-22-16-21-46(41-47)43-19-8-2-9-20-43)54-39-33-51(34-40-54)55(48-23-10-3-11-24-48,49-25-12-4-13-26-49)50-27-14-5-15-28-50/h1-41H. The summed E-state index contributed by atoms with van der Waals surface area (Å²) >= 11 is -3.40.